The quantitative estimate of drug-likeness (QED) is 0.736. The summed E-state index contributed by atoms with van der Waals surface area (Å²) in [6, 6.07) is 7.23. The second kappa shape index (κ2) is 7.09. The van der Waals surface area contributed by atoms with Crippen LogP contribution in [0.1, 0.15) is 27.7 Å². The van der Waals surface area contributed by atoms with Crippen molar-refractivity contribution in [2.24, 2.45) is 7.05 Å². The van der Waals surface area contributed by atoms with Gasteiger partial charge in [0.15, 0.2) is 0 Å². The van der Waals surface area contributed by atoms with Gasteiger partial charge < -0.3 is 15.2 Å². The number of thiophene rings is 1. The fraction of sp³-hybridized carbons (Fsp3) is 0.222. The minimum Gasteiger partial charge on any atom is -0.347 e. The lowest BCUT2D eigenvalue weighted by molar-refractivity contribution is -0.114. The van der Waals surface area contributed by atoms with Crippen LogP contribution in [-0.2, 0) is 18.4 Å². The molecule has 2 N–H and O–H groups in total. The van der Waals surface area contributed by atoms with E-state index in [2.05, 4.69) is 15.6 Å². The summed E-state index contributed by atoms with van der Waals surface area (Å²) in [6.45, 7) is 3.56. The Morgan fingerprint density at radius 1 is 1.23 bits per heavy atom. The first-order chi connectivity index (χ1) is 12.4. The maximum absolute atomic E-state index is 12.5. The number of fused-ring (bicyclic) bond motifs is 1. The van der Waals surface area contributed by atoms with Gasteiger partial charge in [-0.25, -0.2) is 4.98 Å². The zero-order valence-electron chi connectivity index (χ0n) is 14.6. The van der Waals surface area contributed by atoms with E-state index in [4.69, 9.17) is 0 Å². The number of hydrogen-bond acceptors (Lipinski definition) is 5. The number of amides is 2. The van der Waals surface area contributed by atoms with Crippen LogP contribution in [0.5, 0.6) is 0 Å². The normalized spacial score (nSPS) is 10.7. The summed E-state index contributed by atoms with van der Waals surface area (Å²) < 4.78 is 1.40. The number of benzene rings is 1. The van der Waals surface area contributed by atoms with Crippen LogP contribution in [0.25, 0.3) is 10.2 Å². The summed E-state index contributed by atoms with van der Waals surface area (Å²) in [4.78, 5) is 41.1. The number of aromatic nitrogens is 2. The molecule has 2 heterocycles. The molecule has 2 aromatic heterocycles. The van der Waals surface area contributed by atoms with Gasteiger partial charge in [0.05, 0.1) is 16.6 Å². The predicted molar refractivity (Wildman–Crippen MR) is 102 cm³/mol. The van der Waals surface area contributed by atoms with Crippen LogP contribution in [0.4, 0.5) is 5.69 Å². The van der Waals surface area contributed by atoms with Gasteiger partial charge in [-0.15, -0.1) is 11.3 Å². The summed E-state index contributed by atoms with van der Waals surface area (Å²) in [7, 11) is 1.64. The molecule has 0 fully saturated rings. The van der Waals surface area contributed by atoms with Gasteiger partial charge in [0.25, 0.3) is 11.5 Å². The smallest absolute Gasteiger partial charge is 0.262 e. The van der Waals surface area contributed by atoms with E-state index in [0.29, 0.717) is 32.9 Å². The van der Waals surface area contributed by atoms with Crippen LogP contribution in [0.15, 0.2) is 35.4 Å². The number of nitrogens with zero attached hydrogens (tertiary/aromatic N) is 2. The molecule has 134 valence electrons. The van der Waals surface area contributed by atoms with Crippen molar-refractivity contribution in [2.45, 2.75) is 20.4 Å². The Morgan fingerprint density at radius 2 is 1.92 bits per heavy atom. The Balaban J connectivity index is 1.75. The van der Waals surface area contributed by atoms with Crippen LogP contribution in [0.2, 0.25) is 0 Å². The number of anilines is 1. The Kier molecular flexibility index (Phi) is 4.85. The molecular formula is C18H18N4O3S. The summed E-state index contributed by atoms with van der Waals surface area (Å²) in [5.74, 6) is -0.371. The number of rotatable bonds is 4. The number of nitrogens with one attached hydrogen (secondary N) is 2. The SMILES string of the molecule is CC(=O)Nc1ccc(CNC(=O)c2sc3ncn(C)c(=O)c3c2C)cc1. The maximum Gasteiger partial charge on any atom is 0.262 e. The summed E-state index contributed by atoms with van der Waals surface area (Å²) in [6.07, 6.45) is 1.46. The average molecular weight is 370 g/mol. The Labute approximate surface area is 153 Å². The van der Waals surface area contributed by atoms with E-state index >= 15 is 0 Å². The van der Waals surface area contributed by atoms with Crippen LogP contribution in [0.3, 0.4) is 0 Å². The van der Waals surface area contributed by atoms with Crippen LogP contribution < -0.4 is 16.2 Å². The number of aryl methyl sites for hydroxylation is 2. The predicted octanol–water partition coefficient (Wildman–Crippen LogP) is 2.19. The molecule has 0 radical (unpaired) electrons. The first-order valence-corrected chi connectivity index (χ1v) is 8.78. The zero-order chi connectivity index (χ0) is 18.8. The molecule has 0 spiro atoms. The van der Waals surface area contributed by atoms with Gasteiger partial charge in [-0.05, 0) is 30.2 Å². The van der Waals surface area contributed by atoms with Gasteiger partial charge in [-0.2, -0.15) is 0 Å². The topological polar surface area (TPSA) is 93.1 Å². The molecule has 0 bridgehead atoms. The van der Waals surface area contributed by atoms with Gasteiger partial charge in [0, 0.05) is 26.2 Å². The molecule has 8 heteroatoms. The largest absolute Gasteiger partial charge is 0.347 e. The molecule has 3 rings (SSSR count). The van der Waals surface area contributed by atoms with Gasteiger partial charge in [-0.3, -0.25) is 14.4 Å². The Hall–Kier alpha value is -3.00. The number of hydrogen-bond donors (Lipinski definition) is 2. The highest BCUT2D eigenvalue weighted by molar-refractivity contribution is 7.20. The fourth-order valence-electron chi connectivity index (χ4n) is 2.60. The molecule has 0 unspecified atom stereocenters. The van der Waals surface area contributed by atoms with Crippen LogP contribution in [0, 0.1) is 6.92 Å². The summed E-state index contributed by atoms with van der Waals surface area (Å²) >= 11 is 1.22. The number of carbonyl (C=O) groups is 2. The molecule has 7 nitrogen and oxygen atoms in total. The highest BCUT2D eigenvalue weighted by atomic mass is 32.1. The molecule has 0 aliphatic carbocycles. The monoisotopic (exact) mass is 370 g/mol. The first-order valence-electron chi connectivity index (χ1n) is 7.96. The van der Waals surface area contributed by atoms with Gasteiger partial charge >= 0.3 is 0 Å². The second-order valence-electron chi connectivity index (χ2n) is 5.96. The van der Waals surface area contributed by atoms with Crippen LogP contribution >= 0.6 is 11.3 Å². The lowest BCUT2D eigenvalue weighted by atomic mass is 10.2. The molecular weight excluding hydrogens is 352 g/mol. The lowest BCUT2D eigenvalue weighted by Gasteiger charge is -2.06. The fourth-order valence-corrected chi connectivity index (χ4v) is 3.65. The van der Waals surface area contributed by atoms with E-state index in [1.807, 2.05) is 12.1 Å². The van der Waals surface area contributed by atoms with Crippen molar-refractivity contribution in [1.29, 1.82) is 0 Å². The van der Waals surface area contributed by atoms with Crippen molar-refractivity contribution < 1.29 is 9.59 Å². The molecule has 0 aliphatic rings. The minimum atomic E-state index is -0.238. The highest BCUT2D eigenvalue weighted by Gasteiger charge is 2.18. The molecule has 26 heavy (non-hydrogen) atoms. The van der Waals surface area contributed by atoms with E-state index in [-0.39, 0.29) is 17.4 Å². The van der Waals surface area contributed by atoms with E-state index in [0.717, 1.165) is 5.56 Å². The van der Waals surface area contributed by atoms with E-state index in [9.17, 15) is 14.4 Å². The van der Waals surface area contributed by atoms with Gasteiger partial charge in [-0.1, -0.05) is 12.1 Å². The average Bonchev–Trinajstić information content (AvgIpc) is 2.94. The van der Waals surface area contributed by atoms with Gasteiger partial charge in [0.2, 0.25) is 5.91 Å². The van der Waals surface area contributed by atoms with Crippen molar-refractivity contribution in [3.63, 3.8) is 0 Å². The molecule has 0 aliphatic heterocycles. The third kappa shape index (κ3) is 3.50. The zero-order valence-corrected chi connectivity index (χ0v) is 15.4. The van der Waals surface area contributed by atoms with E-state index in [1.165, 1.54) is 29.2 Å². The third-order valence-electron chi connectivity index (χ3n) is 3.94. The maximum atomic E-state index is 12.5. The van der Waals surface area contributed by atoms with Crippen molar-refractivity contribution in [3.05, 3.63) is 57.0 Å². The van der Waals surface area contributed by atoms with Gasteiger partial charge in [0.1, 0.15) is 4.83 Å². The summed E-state index contributed by atoms with van der Waals surface area (Å²) in [5.41, 5.74) is 2.10. The third-order valence-corrected chi connectivity index (χ3v) is 5.14. The van der Waals surface area contributed by atoms with Crippen LogP contribution in [-0.4, -0.2) is 21.4 Å². The van der Waals surface area contributed by atoms with E-state index in [1.54, 1.807) is 26.1 Å². The molecule has 1 aromatic carbocycles. The Morgan fingerprint density at radius 3 is 2.58 bits per heavy atom. The highest BCUT2D eigenvalue weighted by Crippen LogP contribution is 2.26. The Bertz CT molecular complexity index is 1050. The molecule has 0 saturated carbocycles. The summed E-state index contributed by atoms with van der Waals surface area (Å²) in [5, 5.41) is 6.04. The van der Waals surface area contributed by atoms with Crippen molar-refractivity contribution in [3.8, 4) is 0 Å². The van der Waals surface area contributed by atoms with Crippen molar-refractivity contribution >= 4 is 39.1 Å². The minimum absolute atomic E-state index is 0.133. The van der Waals surface area contributed by atoms with Crippen molar-refractivity contribution in [2.75, 3.05) is 5.32 Å². The van der Waals surface area contributed by atoms with E-state index < -0.39 is 0 Å². The second-order valence-corrected chi connectivity index (χ2v) is 6.96. The standard InChI is InChI=1S/C18H18N4O3S/c1-10-14-17(20-9-22(3)18(14)25)26-15(10)16(24)19-8-12-4-6-13(7-5-12)21-11(2)23/h4-7,9H,8H2,1-3H3,(H,19,24)(H,21,23). The lowest BCUT2D eigenvalue weighted by Crippen LogP contribution is -2.23. The molecule has 0 atom stereocenters. The molecule has 0 saturated heterocycles. The first kappa shape index (κ1) is 17.8. The molecule has 2 amide bonds. The number of carbonyl (C=O) groups excluding carboxylic acids is 2. The van der Waals surface area contributed by atoms with Crippen molar-refractivity contribution in [1.82, 2.24) is 14.9 Å². The molecule has 3 aromatic rings.